The van der Waals surface area contributed by atoms with Crippen LogP contribution in [0.15, 0.2) is 370 Å². The van der Waals surface area contributed by atoms with Gasteiger partial charge in [0.2, 0.25) is 0 Å². The number of rotatable bonds is 38. The summed E-state index contributed by atoms with van der Waals surface area (Å²) >= 11 is 0. The zero-order chi connectivity index (χ0) is 101. The summed E-state index contributed by atoms with van der Waals surface area (Å²) in [5, 5.41) is 71.6. The Bertz CT molecular complexity index is 6780. The zero-order valence-electron chi connectivity index (χ0n) is 83.9. The zero-order valence-corrected chi connectivity index (χ0v) is 83.9. The fourth-order valence-electron chi connectivity index (χ4n) is 18.3. The molecule has 10 aromatic carbocycles. The van der Waals surface area contributed by atoms with E-state index in [1.807, 2.05) is 230 Å². The molecule has 12 aromatic rings. The lowest BCUT2D eigenvalue weighted by atomic mass is 10.1. The molecule has 6 aliphatic rings. The van der Waals surface area contributed by atoms with E-state index in [1.54, 1.807) is 114 Å². The van der Waals surface area contributed by atoms with E-state index >= 15 is 0 Å². The normalized spacial score (nSPS) is 17.4. The van der Waals surface area contributed by atoms with Crippen molar-refractivity contribution in [1.29, 1.82) is 0 Å². The molecule has 0 aliphatic carbocycles. The lowest BCUT2D eigenvalue weighted by molar-refractivity contribution is -0.877. The number of guanidine groups is 2. The molecule has 146 heavy (non-hydrogen) atoms. The van der Waals surface area contributed by atoms with Crippen LogP contribution in [0.4, 0.5) is 79.6 Å². The van der Waals surface area contributed by atoms with E-state index in [4.69, 9.17) is 5.11 Å². The van der Waals surface area contributed by atoms with Gasteiger partial charge in [0.1, 0.15) is 58.9 Å². The number of hydrogen-bond donors (Lipinski definition) is 10. The van der Waals surface area contributed by atoms with Crippen molar-refractivity contribution in [3.63, 3.8) is 0 Å². The van der Waals surface area contributed by atoms with Gasteiger partial charge in [-0.15, -0.1) is 20.5 Å². The van der Waals surface area contributed by atoms with Crippen molar-refractivity contribution >= 4 is 115 Å². The lowest BCUT2D eigenvalue weighted by Crippen LogP contribution is -3.11. The van der Waals surface area contributed by atoms with E-state index in [-0.39, 0.29) is 47.7 Å². The minimum absolute atomic E-state index is 0.00657. The van der Waals surface area contributed by atoms with E-state index in [2.05, 4.69) is 157 Å². The van der Waals surface area contributed by atoms with Crippen molar-refractivity contribution in [1.82, 2.24) is 38.5 Å². The van der Waals surface area contributed by atoms with Crippen LogP contribution in [0.3, 0.4) is 0 Å². The molecule has 18 rings (SSSR count). The Morgan fingerprint density at radius 1 is 0.349 bits per heavy atom. The molecule has 34 heteroatoms. The second kappa shape index (κ2) is 48.3. The molecule has 0 spiro atoms. The van der Waals surface area contributed by atoms with Gasteiger partial charge in [-0.05, 0) is 279 Å². The smallest absolute Gasteiger partial charge is 0.505 e. The first-order chi connectivity index (χ1) is 71.1. The lowest BCUT2D eigenvalue weighted by Gasteiger charge is -2.22. The average Bonchev–Trinajstić information content (AvgIpc) is 1.31. The van der Waals surface area contributed by atoms with E-state index in [0.29, 0.717) is 97.7 Å². The third kappa shape index (κ3) is 26.4. The molecule has 6 atom stereocenters. The van der Waals surface area contributed by atoms with Gasteiger partial charge in [-0.1, -0.05) is 0 Å². The number of phenols is 2. The Morgan fingerprint density at radius 2 is 0.630 bits per heavy atom. The highest BCUT2D eigenvalue weighted by Gasteiger charge is 2.35. The van der Waals surface area contributed by atoms with Crippen LogP contribution in [0.2, 0.25) is 0 Å². The average molecular weight is 1960 g/mol. The Morgan fingerprint density at radius 3 is 0.938 bits per heavy atom. The molecule has 2 aromatic heterocycles. The number of nitrogens with zero attached hydrogens (tertiary/aromatic N) is 20. The number of carbonyl (C=O) groups excluding carboxylic acids is 4. The first kappa shape index (κ1) is 101. The Kier molecular flexibility index (Phi) is 33.3. The predicted octanol–water partition coefficient (Wildman–Crippen LogP) is 15.4. The fraction of sp³-hybridized carbons (Fsp3) is 0.268. The molecule has 0 bridgehead atoms. The van der Waals surface area contributed by atoms with Crippen LogP contribution in [0.25, 0.3) is 11.4 Å². The van der Waals surface area contributed by atoms with Crippen LogP contribution in [-0.4, -0.2) is 241 Å². The molecule has 10 N–H and O–H groups in total. The molecule has 6 aliphatic heterocycles. The number of azo groups is 4. The standard InChI is InChI=1S/C56H66N14O3.C56H58N14O3/c2*1-63(29-9-35-69-39-37-65(3)55(69)61-59-47-17-15-44(16-18-47)57-45-19-24-49(25-20-45)67-31-5-6-32-67)53(72)42-11-13-43(14-12-42)54(73)64(2)30-10-36-70-40-38-66(4)56(70)62-60-51-28-23-48(41-52(51)71)58-46-21-26-50(27-22-46)68-33-7-8-34-68/h11-28,37-41,55H,5-10,29-36H2,1-4H3,(H2,57,58,61,71);5-8,11-28,31-34,37-41,55H,9-10,29-30,35-36H2,1-4H3,(H2,57,58,61,71)/p+6. The number of anilines is 10. The van der Waals surface area contributed by atoms with Gasteiger partial charge in [0.05, 0.1) is 64.0 Å². The molecule has 0 saturated carbocycles. The number of aromatic nitrogens is 2. The topological polar surface area (TPSA) is 315 Å². The van der Waals surface area contributed by atoms with Gasteiger partial charge in [-0.3, -0.25) is 29.0 Å². The Labute approximate surface area is 852 Å². The third-order valence-electron chi connectivity index (χ3n) is 26.8. The molecular formula is C112H130N28O6+6. The second-order valence-corrected chi connectivity index (χ2v) is 37.5. The van der Waals surface area contributed by atoms with E-state index in [9.17, 15) is 29.4 Å². The number of benzene rings is 10. The van der Waals surface area contributed by atoms with Crippen LogP contribution in [0.5, 0.6) is 11.5 Å². The molecular weight excluding hydrogens is 1830 g/mol. The molecule has 34 nitrogen and oxygen atoms in total. The summed E-state index contributed by atoms with van der Waals surface area (Å²) in [5.41, 5.74) is 16.3. The molecule has 0 radical (unpaired) electrons. The maximum absolute atomic E-state index is 13.4. The number of hydrogen-bond acceptors (Lipinski definition) is 22. The van der Waals surface area contributed by atoms with Crippen LogP contribution in [-0.2, 0) is 0 Å². The summed E-state index contributed by atoms with van der Waals surface area (Å²) < 4.78 is 7.89. The van der Waals surface area contributed by atoms with Gasteiger partial charge < -0.3 is 79.8 Å². The number of quaternary nitrogens is 4. The van der Waals surface area contributed by atoms with E-state index < -0.39 is 0 Å². The van der Waals surface area contributed by atoms with Gasteiger partial charge in [-0.2, -0.15) is 19.0 Å². The third-order valence-corrected chi connectivity index (χ3v) is 26.8. The monoisotopic (exact) mass is 1960 g/mol. The largest absolute Gasteiger partial charge is 0.524 e. The Balaban J connectivity index is 0.000000200. The fourth-order valence-corrected chi connectivity index (χ4v) is 18.3. The van der Waals surface area contributed by atoms with Gasteiger partial charge in [-0.25, -0.2) is 0 Å². The van der Waals surface area contributed by atoms with Crippen LogP contribution < -0.4 is 50.7 Å². The Hall–Kier alpha value is -16.8. The highest BCUT2D eigenvalue weighted by atomic mass is 16.3. The molecule has 2 fully saturated rings. The number of carbonyl (C=O) groups is 4. The van der Waals surface area contributed by atoms with Gasteiger partial charge in [0.25, 0.3) is 36.2 Å². The summed E-state index contributed by atoms with van der Waals surface area (Å²) in [6.45, 7) is 9.50. The maximum Gasteiger partial charge on any atom is 0.524 e. The van der Waals surface area contributed by atoms with Crippen LogP contribution in [0.1, 0.15) is 92.8 Å². The molecule has 6 unspecified atom stereocenters. The maximum atomic E-state index is 13.4. The van der Waals surface area contributed by atoms with Crippen LogP contribution in [0, 0.1) is 0 Å². The van der Waals surface area contributed by atoms with E-state index in [0.717, 1.165) is 140 Å². The summed E-state index contributed by atoms with van der Waals surface area (Å²) in [6.07, 6.45) is 31.6. The molecule has 748 valence electrons. The summed E-state index contributed by atoms with van der Waals surface area (Å²) in [5.74, 6) is 0.952. The highest BCUT2D eigenvalue weighted by Crippen LogP contribution is 2.35. The number of aromatic hydroxyl groups is 2. The van der Waals surface area contributed by atoms with Gasteiger partial charge in [0, 0.05) is 248 Å². The first-order valence-electron chi connectivity index (χ1n) is 49.9. The van der Waals surface area contributed by atoms with Crippen molar-refractivity contribution < 1.29 is 58.1 Å². The number of amides is 4. The van der Waals surface area contributed by atoms with Gasteiger partial charge >= 0.3 is 11.9 Å². The van der Waals surface area contributed by atoms with Crippen molar-refractivity contribution in [3.8, 4) is 22.9 Å². The quantitative estimate of drug-likeness (QED) is 0.0127. The first-order valence-corrected chi connectivity index (χ1v) is 49.9. The summed E-state index contributed by atoms with van der Waals surface area (Å²) in [7, 11) is 15.0. The van der Waals surface area contributed by atoms with Crippen molar-refractivity contribution in [2.45, 2.75) is 63.9 Å². The van der Waals surface area contributed by atoms with Crippen molar-refractivity contribution in [2.75, 3.05) is 166 Å². The van der Waals surface area contributed by atoms with Crippen molar-refractivity contribution in [3.05, 3.63) is 351 Å². The molecule has 4 amide bonds. The van der Waals surface area contributed by atoms with Crippen LogP contribution >= 0.6 is 0 Å². The minimum Gasteiger partial charge on any atom is -0.505 e. The second-order valence-electron chi connectivity index (χ2n) is 37.5. The summed E-state index contributed by atoms with van der Waals surface area (Å²) in [4.78, 5) is 73.8. The number of nitrogens with one attached hydrogen (secondary N) is 8. The summed E-state index contributed by atoms with van der Waals surface area (Å²) in [6, 6.07) is 81.4. The van der Waals surface area contributed by atoms with E-state index in [1.165, 1.54) is 37.1 Å². The predicted molar refractivity (Wildman–Crippen MR) is 572 cm³/mol. The highest BCUT2D eigenvalue weighted by molar-refractivity contribution is 5.99. The number of phenolic OH excluding ortho intramolecular Hbond substituents is 2. The minimum atomic E-state index is -0.214. The SMILES string of the molecule is CN(CCC[NH+]1C=C[N+](C)=C1N=Nc1ccc(Nc2ccc(-n3cccc3)cc2)cc1O)C(=O)c1ccc(C(=O)N(C)CCC[NH+]2C=CN(C)C2N=Nc2ccc(Nc3ccc(-n4cccc4)cc3)cc2)cc1.CN(CCC[NH+]1C=C[N+](C)=C1N=Nc1ccc(Nc2ccc(N3CCCC3)cc2)cc1O)C(=O)c1ccc(C(=O)N(C)CCC[NH+]2C=CN(C)C2N=Nc2ccc(Nc3ccc(N4CCCC4)cc3)cc2)cc1. The van der Waals surface area contributed by atoms with Gasteiger partial charge in [0.15, 0.2) is 11.4 Å². The molecule has 2 saturated heterocycles. The van der Waals surface area contributed by atoms with Crippen molar-refractivity contribution in [2.24, 2.45) is 40.9 Å². The molecule has 8 heterocycles.